The van der Waals surface area contributed by atoms with Gasteiger partial charge in [0.1, 0.15) is 11.6 Å². The van der Waals surface area contributed by atoms with Gasteiger partial charge in [0, 0.05) is 28.8 Å². The van der Waals surface area contributed by atoms with Gasteiger partial charge in [0.25, 0.3) is 5.19 Å². The van der Waals surface area contributed by atoms with E-state index in [1.54, 1.807) is 42.1 Å². The Hall–Kier alpha value is -3.83. The first-order valence-corrected chi connectivity index (χ1v) is 12.3. The van der Waals surface area contributed by atoms with E-state index in [1.807, 2.05) is 28.8 Å². The second-order valence-electron chi connectivity index (χ2n) is 7.96. The Morgan fingerprint density at radius 2 is 1.89 bits per heavy atom. The molecule has 0 amide bonds. The molecule has 5 aromatic rings. The topological polar surface area (TPSA) is 99.8 Å². The summed E-state index contributed by atoms with van der Waals surface area (Å²) < 4.78 is 26.1. The quantitative estimate of drug-likeness (QED) is 0.277. The minimum absolute atomic E-state index is 0.285. The van der Waals surface area contributed by atoms with Gasteiger partial charge in [0.2, 0.25) is 5.95 Å². The van der Waals surface area contributed by atoms with Crippen LogP contribution in [0.3, 0.4) is 0 Å². The number of imidazole rings is 1. The van der Waals surface area contributed by atoms with Gasteiger partial charge in [-0.25, -0.2) is 4.98 Å². The van der Waals surface area contributed by atoms with Crippen molar-refractivity contribution in [1.82, 2.24) is 28.5 Å². The molecule has 0 aliphatic rings. The van der Waals surface area contributed by atoms with Crippen LogP contribution in [-0.2, 0) is 13.1 Å². The Morgan fingerprint density at radius 1 is 1.11 bits per heavy atom. The number of aryl methyl sites for hydroxylation is 2. The Labute approximate surface area is 214 Å². The molecule has 1 N–H and O–H groups in total. The number of anilines is 2. The van der Waals surface area contributed by atoms with E-state index in [4.69, 9.17) is 16.3 Å². The van der Waals surface area contributed by atoms with Crippen LogP contribution >= 0.6 is 23.1 Å². The second kappa shape index (κ2) is 10.4. The van der Waals surface area contributed by atoms with Crippen molar-refractivity contribution in [3.8, 4) is 10.9 Å². The molecule has 0 bridgehead atoms. The minimum Gasteiger partial charge on any atom is -0.430 e. The summed E-state index contributed by atoms with van der Waals surface area (Å²) in [5, 5.41) is 4.31. The monoisotopic (exact) mass is 525 g/mol. The van der Waals surface area contributed by atoms with Crippen molar-refractivity contribution in [2.45, 2.75) is 26.4 Å². The largest absolute Gasteiger partial charge is 0.430 e. The molecular weight excluding hydrogens is 505 g/mol. The van der Waals surface area contributed by atoms with Crippen molar-refractivity contribution < 1.29 is 9.13 Å². The first kappa shape index (κ1) is 23.9. The molecule has 0 saturated carbocycles. The fourth-order valence-electron chi connectivity index (χ4n) is 3.67. The molecule has 3 heterocycles. The Bertz CT molecular complexity index is 1550. The van der Waals surface area contributed by atoms with Gasteiger partial charge in [-0.05, 0) is 55.3 Å². The molecule has 5 rings (SSSR count). The molecule has 0 aliphatic heterocycles. The zero-order valence-corrected chi connectivity index (χ0v) is 20.8. The molecule has 0 fully saturated rings. The molecule has 0 radical (unpaired) electrons. The molecule has 9 nitrogen and oxygen atoms in total. The number of nitrogens with zero attached hydrogens (tertiary/aromatic N) is 6. The van der Waals surface area contributed by atoms with Gasteiger partial charge in [0.05, 0.1) is 19.5 Å². The third-order valence-corrected chi connectivity index (χ3v) is 6.29. The number of aromatic nitrogens is 6. The molecule has 2 aromatic carbocycles. The van der Waals surface area contributed by atoms with Crippen LogP contribution in [0.2, 0.25) is 5.02 Å². The highest BCUT2D eigenvalue weighted by molar-refractivity contribution is 7.07. The summed E-state index contributed by atoms with van der Waals surface area (Å²) in [6.07, 6.45) is 1.83. The third-order valence-electron chi connectivity index (χ3n) is 5.35. The van der Waals surface area contributed by atoms with E-state index in [1.165, 1.54) is 11.5 Å². The number of ether oxygens (including phenoxy) is 1. The van der Waals surface area contributed by atoms with E-state index in [0.29, 0.717) is 57.7 Å². The standard InChI is InChI=1S/C24H21ClFN7O2S/c1-15-28-24(36-31-15)35-19-9-7-18(8-10-19)29-23-30-22(34)20-21(27-14-32(20)12-2-11-26)33(23)13-16-3-5-17(25)6-4-16/h3-10,14H,2,11-13H2,1H3,(H,29,30,34). The average Bonchev–Trinajstić information content (AvgIpc) is 3.49. The van der Waals surface area contributed by atoms with Gasteiger partial charge in [-0.2, -0.15) is 14.3 Å². The van der Waals surface area contributed by atoms with Crippen molar-refractivity contribution in [1.29, 1.82) is 0 Å². The van der Waals surface area contributed by atoms with E-state index in [-0.39, 0.29) is 6.42 Å². The smallest absolute Gasteiger partial charge is 0.300 e. The summed E-state index contributed by atoms with van der Waals surface area (Å²) in [4.78, 5) is 26.0. The normalized spacial score (nSPS) is 11.2. The molecule has 0 aliphatic carbocycles. The summed E-state index contributed by atoms with van der Waals surface area (Å²) >= 11 is 7.23. The second-order valence-corrected chi connectivity index (χ2v) is 9.12. The molecular formula is C24H21ClFN7O2S. The molecule has 184 valence electrons. The van der Waals surface area contributed by atoms with Crippen LogP contribution in [0.25, 0.3) is 11.2 Å². The van der Waals surface area contributed by atoms with Crippen LogP contribution in [0.5, 0.6) is 10.9 Å². The van der Waals surface area contributed by atoms with Crippen LogP contribution in [-0.4, -0.2) is 35.1 Å². The fourth-order valence-corrected chi connectivity index (χ4v) is 4.35. The Balaban J connectivity index is 1.49. The van der Waals surface area contributed by atoms with Crippen LogP contribution < -0.4 is 15.6 Å². The van der Waals surface area contributed by atoms with E-state index in [2.05, 4.69) is 24.6 Å². The van der Waals surface area contributed by atoms with Gasteiger partial charge >= 0.3 is 5.56 Å². The third kappa shape index (κ3) is 5.21. The van der Waals surface area contributed by atoms with E-state index in [0.717, 1.165) is 5.56 Å². The highest BCUT2D eigenvalue weighted by atomic mass is 35.5. The number of hydrogen-bond acceptors (Lipinski definition) is 8. The molecule has 12 heteroatoms. The van der Waals surface area contributed by atoms with Crippen molar-refractivity contribution in [3.63, 3.8) is 0 Å². The summed E-state index contributed by atoms with van der Waals surface area (Å²) in [5.74, 6) is 1.58. The van der Waals surface area contributed by atoms with Crippen molar-refractivity contribution in [2.24, 2.45) is 0 Å². The number of hydrogen-bond donors (Lipinski definition) is 1. The summed E-state index contributed by atoms with van der Waals surface area (Å²) in [7, 11) is 0. The predicted molar refractivity (Wildman–Crippen MR) is 137 cm³/mol. The molecule has 0 atom stereocenters. The van der Waals surface area contributed by atoms with Gasteiger partial charge in [-0.15, -0.1) is 0 Å². The Kier molecular flexibility index (Phi) is 6.92. The van der Waals surface area contributed by atoms with Gasteiger partial charge in [0.15, 0.2) is 11.2 Å². The van der Waals surface area contributed by atoms with Crippen LogP contribution in [0.1, 0.15) is 17.8 Å². The van der Waals surface area contributed by atoms with Crippen molar-refractivity contribution in [2.75, 3.05) is 12.0 Å². The van der Waals surface area contributed by atoms with Crippen LogP contribution in [0.15, 0.2) is 59.7 Å². The highest BCUT2D eigenvalue weighted by Crippen LogP contribution is 2.26. The van der Waals surface area contributed by atoms with E-state index >= 15 is 0 Å². The van der Waals surface area contributed by atoms with Gasteiger partial charge in [-0.1, -0.05) is 23.7 Å². The Morgan fingerprint density at radius 3 is 2.58 bits per heavy atom. The lowest BCUT2D eigenvalue weighted by atomic mass is 10.2. The molecule has 36 heavy (non-hydrogen) atoms. The van der Waals surface area contributed by atoms with Crippen molar-refractivity contribution >= 4 is 45.9 Å². The first-order chi connectivity index (χ1) is 17.5. The van der Waals surface area contributed by atoms with Crippen molar-refractivity contribution in [3.05, 3.63) is 81.6 Å². The van der Waals surface area contributed by atoms with Gasteiger partial charge < -0.3 is 14.6 Å². The lowest BCUT2D eigenvalue weighted by Crippen LogP contribution is -2.20. The summed E-state index contributed by atoms with van der Waals surface area (Å²) in [6, 6.07) is 14.6. The highest BCUT2D eigenvalue weighted by Gasteiger charge is 2.17. The number of rotatable bonds is 9. The number of benzene rings is 2. The first-order valence-electron chi connectivity index (χ1n) is 11.1. The zero-order chi connectivity index (χ0) is 25.1. The zero-order valence-electron chi connectivity index (χ0n) is 19.2. The summed E-state index contributed by atoms with van der Waals surface area (Å²) in [5.41, 5.74) is 1.99. The lowest BCUT2D eigenvalue weighted by Gasteiger charge is -2.15. The maximum Gasteiger partial charge on any atom is 0.300 e. The maximum atomic E-state index is 13.0. The molecule has 0 unspecified atom stereocenters. The van der Waals surface area contributed by atoms with Gasteiger partial charge in [-0.3, -0.25) is 13.8 Å². The fraction of sp³-hybridized carbons (Fsp3) is 0.208. The van der Waals surface area contributed by atoms with Crippen LogP contribution in [0.4, 0.5) is 16.0 Å². The lowest BCUT2D eigenvalue weighted by molar-refractivity contribution is 0.449. The van der Waals surface area contributed by atoms with E-state index < -0.39 is 12.2 Å². The summed E-state index contributed by atoms with van der Waals surface area (Å²) in [6.45, 7) is 2.05. The maximum absolute atomic E-state index is 13.0. The molecule has 0 saturated heterocycles. The average molecular weight is 526 g/mol. The number of nitrogens with one attached hydrogen (secondary N) is 1. The number of alkyl halides is 1. The van der Waals surface area contributed by atoms with Crippen LogP contribution in [0, 0.1) is 6.92 Å². The molecule has 3 aromatic heterocycles. The minimum atomic E-state index is -0.482. The molecule has 0 spiro atoms. The number of fused-ring (bicyclic) bond motifs is 1. The number of halogens is 2. The SMILES string of the molecule is Cc1nsc(Oc2ccc(Nc3nc(=O)c4c(ncn4CCCF)n3Cc3ccc(Cl)cc3)cc2)n1. The predicted octanol–water partition coefficient (Wildman–Crippen LogP) is 5.35. The van der Waals surface area contributed by atoms with E-state index in [9.17, 15) is 9.18 Å².